The number of hydrogen-bond donors (Lipinski definition) is 1. The third-order valence-electron chi connectivity index (χ3n) is 6.65. The Hall–Kier alpha value is -2.99. The van der Waals surface area contributed by atoms with Crippen molar-refractivity contribution in [3.8, 4) is 5.75 Å². The monoisotopic (exact) mass is 623 g/mol. The molecule has 1 atom stereocenters. The van der Waals surface area contributed by atoms with Crippen LogP contribution in [0.1, 0.15) is 30.0 Å². The molecule has 2 aromatic rings. The van der Waals surface area contributed by atoms with Crippen molar-refractivity contribution in [2.24, 2.45) is 0 Å². The number of carbonyl (C=O) groups excluding carboxylic acids is 2. The smallest absolute Gasteiger partial charge is 0.343 e. The molecule has 0 fully saturated rings. The zero-order valence-corrected chi connectivity index (χ0v) is 23.1. The van der Waals surface area contributed by atoms with Crippen LogP contribution in [0, 0.1) is 5.82 Å². The Morgan fingerprint density at radius 1 is 1.32 bits per heavy atom. The van der Waals surface area contributed by atoms with E-state index in [4.69, 9.17) is 9.47 Å². The lowest BCUT2D eigenvalue weighted by molar-refractivity contribution is -0.172. The highest BCUT2D eigenvalue weighted by Gasteiger charge is 2.44. The summed E-state index contributed by atoms with van der Waals surface area (Å²) in [4.78, 5) is 41.3. The Bertz CT molecular complexity index is 1410. The van der Waals surface area contributed by atoms with Crippen molar-refractivity contribution in [3.63, 3.8) is 0 Å². The quantitative estimate of drug-likeness (QED) is 0.286. The van der Waals surface area contributed by atoms with Gasteiger partial charge in [0.25, 0.3) is 5.56 Å². The van der Waals surface area contributed by atoms with E-state index in [1.165, 1.54) is 22.9 Å². The first-order valence-electron chi connectivity index (χ1n) is 11.6. The average molecular weight is 623 g/mol. The number of ether oxygens (including phenoxy) is 2. The highest BCUT2D eigenvalue weighted by atomic mass is 127. The molecule has 1 aromatic carbocycles. The number of cyclic esters (lactones) is 1. The van der Waals surface area contributed by atoms with E-state index in [1.54, 1.807) is 24.9 Å². The SMILES string of the molecule is CC[C@@]1(O)C(=O)OCc2c1ccn(CC1=C(I)C(=C=O)c3cc(F)cc(OCCN(C)C)c3N1C)c2=O. The number of halogens is 2. The van der Waals surface area contributed by atoms with E-state index in [2.05, 4.69) is 0 Å². The fraction of sp³-hybridized carbons (Fsp3) is 0.385. The summed E-state index contributed by atoms with van der Waals surface area (Å²) in [5, 5.41) is 10.8. The van der Waals surface area contributed by atoms with Gasteiger partial charge in [0.15, 0.2) is 5.60 Å². The number of hydrogen-bond acceptors (Lipinski definition) is 8. The molecule has 4 rings (SSSR count). The van der Waals surface area contributed by atoms with E-state index in [0.29, 0.717) is 33.7 Å². The highest BCUT2D eigenvalue weighted by molar-refractivity contribution is 14.1. The Kier molecular flexibility index (Phi) is 7.61. The fourth-order valence-electron chi connectivity index (χ4n) is 4.51. The number of aromatic nitrogens is 1. The van der Waals surface area contributed by atoms with Crippen LogP contribution in [0.25, 0.3) is 5.57 Å². The minimum Gasteiger partial charge on any atom is -0.490 e. The Labute approximate surface area is 226 Å². The van der Waals surface area contributed by atoms with Gasteiger partial charge in [-0.05, 0) is 55.2 Å². The zero-order chi connectivity index (χ0) is 27.1. The average Bonchev–Trinajstić information content (AvgIpc) is 2.85. The number of nitrogens with zero attached hydrogens (tertiary/aromatic N) is 3. The van der Waals surface area contributed by atoms with E-state index >= 15 is 0 Å². The molecule has 0 radical (unpaired) electrons. The van der Waals surface area contributed by atoms with Gasteiger partial charge in [0, 0.05) is 37.0 Å². The Morgan fingerprint density at radius 3 is 2.70 bits per heavy atom. The molecule has 3 heterocycles. The van der Waals surface area contributed by atoms with Crippen LogP contribution in [0.3, 0.4) is 0 Å². The number of anilines is 1. The number of allylic oxidation sites excluding steroid dienone is 3. The van der Waals surface area contributed by atoms with Gasteiger partial charge in [-0.15, -0.1) is 0 Å². The molecule has 0 spiro atoms. The van der Waals surface area contributed by atoms with Crippen LogP contribution in [0.5, 0.6) is 5.75 Å². The molecule has 9 nitrogen and oxygen atoms in total. The number of likely N-dealkylation sites (N-methyl/N-ethyl adjacent to an activating group) is 2. The van der Waals surface area contributed by atoms with Crippen molar-refractivity contribution in [2.75, 3.05) is 39.2 Å². The zero-order valence-electron chi connectivity index (χ0n) is 20.9. The van der Waals surface area contributed by atoms with Crippen molar-refractivity contribution >= 4 is 45.8 Å². The summed E-state index contributed by atoms with van der Waals surface area (Å²) in [6.07, 6.45) is 1.57. The van der Waals surface area contributed by atoms with E-state index in [-0.39, 0.29) is 42.0 Å². The molecular formula is C26H27FIN3O6. The summed E-state index contributed by atoms with van der Waals surface area (Å²) < 4.78 is 27.4. The summed E-state index contributed by atoms with van der Waals surface area (Å²) in [7, 11) is 5.54. The maximum Gasteiger partial charge on any atom is 0.343 e. The van der Waals surface area contributed by atoms with Crippen molar-refractivity contribution < 1.29 is 28.6 Å². The number of benzene rings is 1. The molecule has 0 saturated carbocycles. The first-order valence-corrected chi connectivity index (χ1v) is 12.7. The van der Waals surface area contributed by atoms with Crippen LogP contribution in [0.15, 0.2) is 38.5 Å². The second kappa shape index (κ2) is 10.4. The highest BCUT2D eigenvalue weighted by Crippen LogP contribution is 2.47. The lowest BCUT2D eigenvalue weighted by Gasteiger charge is -2.34. The second-order valence-electron chi connectivity index (χ2n) is 9.18. The Balaban J connectivity index is 1.77. The first-order chi connectivity index (χ1) is 17.5. The minimum absolute atomic E-state index is 0.0541. The number of esters is 1. The molecule has 0 amide bonds. The molecule has 2 aliphatic heterocycles. The number of fused-ring (bicyclic) bond motifs is 2. The van der Waals surface area contributed by atoms with Gasteiger partial charge in [-0.3, -0.25) is 4.79 Å². The van der Waals surface area contributed by atoms with Crippen LogP contribution in [-0.4, -0.2) is 60.8 Å². The number of carbonyl (C=O) groups is 1. The molecule has 2 aliphatic rings. The molecule has 1 N–H and O–H groups in total. The molecule has 11 heteroatoms. The van der Waals surface area contributed by atoms with Gasteiger partial charge < -0.3 is 28.9 Å². The first kappa shape index (κ1) is 27.1. The molecule has 0 saturated heterocycles. The summed E-state index contributed by atoms with van der Waals surface area (Å²) in [5.74, 6) is 0.871. The molecule has 0 unspecified atom stereocenters. The molecule has 1 aromatic heterocycles. The van der Waals surface area contributed by atoms with Crippen LogP contribution < -0.4 is 15.2 Å². The summed E-state index contributed by atoms with van der Waals surface area (Å²) >= 11 is 1.99. The lowest BCUT2D eigenvalue weighted by Crippen LogP contribution is -2.44. The number of aliphatic hydroxyl groups is 1. The van der Waals surface area contributed by atoms with Crippen LogP contribution in [0.4, 0.5) is 10.1 Å². The molecule has 37 heavy (non-hydrogen) atoms. The maximum atomic E-state index is 14.5. The summed E-state index contributed by atoms with van der Waals surface area (Å²) in [6.45, 7) is 2.35. The molecule has 0 bridgehead atoms. The van der Waals surface area contributed by atoms with Gasteiger partial charge in [-0.25, -0.2) is 14.0 Å². The van der Waals surface area contributed by atoms with Crippen molar-refractivity contribution in [3.05, 3.63) is 66.5 Å². The topological polar surface area (TPSA) is 101 Å². The predicted molar refractivity (Wildman–Crippen MR) is 144 cm³/mol. The van der Waals surface area contributed by atoms with E-state index in [0.717, 1.165) is 0 Å². The number of rotatable bonds is 7. The van der Waals surface area contributed by atoms with E-state index in [1.807, 2.05) is 47.5 Å². The largest absolute Gasteiger partial charge is 0.490 e. The summed E-state index contributed by atoms with van der Waals surface area (Å²) in [6, 6.07) is 4.09. The minimum atomic E-state index is -1.88. The molecule has 196 valence electrons. The van der Waals surface area contributed by atoms with Crippen LogP contribution in [-0.2, 0) is 33.1 Å². The van der Waals surface area contributed by atoms with Gasteiger partial charge in [-0.2, -0.15) is 0 Å². The van der Waals surface area contributed by atoms with E-state index in [9.17, 15) is 23.9 Å². The van der Waals surface area contributed by atoms with Gasteiger partial charge in [0.05, 0.1) is 32.6 Å². The van der Waals surface area contributed by atoms with Gasteiger partial charge in [0.1, 0.15) is 30.7 Å². The third-order valence-corrected chi connectivity index (χ3v) is 7.81. The fourth-order valence-corrected chi connectivity index (χ4v) is 5.45. The van der Waals surface area contributed by atoms with Crippen LogP contribution >= 0.6 is 22.6 Å². The molecular weight excluding hydrogens is 596 g/mol. The second-order valence-corrected chi connectivity index (χ2v) is 10.3. The normalized spacial score (nSPS) is 19.0. The van der Waals surface area contributed by atoms with Crippen molar-refractivity contribution in [1.29, 1.82) is 0 Å². The predicted octanol–water partition coefficient (Wildman–Crippen LogP) is 2.59. The lowest BCUT2D eigenvalue weighted by atomic mass is 9.87. The van der Waals surface area contributed by atoms with Gasteiger partial charge in [-0.1, -0.05) is 6.92 Å². The van der Waals surface area contributed by atoms with Gasteiger partial charge >= 0.3 is 5.97 Å². The summed E-state index contributed by atoms with van der Waals surface area (Å²) in [5.41, 5.74) is -0.266. The molecule has 0 aliphatic carbocycles. The number of pyridine rings is 1. The van der Waals surface area contributed by atoms with Crippen molar-refractivity contribution in [2.45, 2.75) is 32.1 Å². The van der Waals surface area contributed by atoms with E-state index < -0.39 is 22.9 Å². The van der Waals surface area contributed by atoms with Crippen molar-refractivity contribution in [1.82, 2.24) is 9.47 Å². The van der Waals surface area contributed by atoms with Gasteiger partial charge in [0.2, 0.25) is 0 Å². The Morgan fingerprint density at radius 2 is 2.05 bits per heavy atom. The standard InChI is InChI=1S/C26H27FIN3O6/c1-5-26(35)19-6-7-31(24(33)18(19)14-37-25(26)34)12-20-22(28)17(13-32)16-10-15(27)11-21(23(16)30(20)4)36-9-8-29(2)3/h6-7,10-11,35H,5,8-9,12,14H2,1-4H3/t26-/m0/s1. The van der Waals surface area contributed by atoms with Crippen LogP contribution in [0.2, 0.25) is 0 Å². The maximum absolute atomic E-state index is 14.5. The third kappa shape index (κ3) is 4.72.